The molecule has 2 aromatic heterocycles. The maximum absolute atomic E-state index is 6.13. The predicted molar refractivity (Wildman–Crippen MR) is 108 cm³/mol. The summed E-state index contributed by atoms with van der Waals surface area (Å²) in [6, 6.07) is 1.99. The number of hydrogen-bond acceptors (Lipinski definition) is 6. The molecule has 0 bridgehead atoms. The average molecular weight is 406 g/mol. The number of hydrogen-bond donors (Lipinski definition) is 0. The summed E-state index contributed by atoms with van der Waals surface area (Å²) in [7, 11) is 0. The quantitative estimate of drug-likeness (QED) is 0.711. The van der Waals surface area contributed by atoms with E-state index >= 15 is 0 Å². The van der Waals surface area contributed by atoms with E-state index in [-0.39, 0.29) is 12.4 Å². The lowest BCUT2D eigenvalue weighted by Gasteiger charge is -2.29. The number of nitrogens with zero attached hydrogens (tertiary/aromatic N) is 4. The summed E-state index contributed by atoms with van der Waals surface area (Å²) in [6.45, 7) is 2.08. The van der Waals surface area contributed by atoms with Crippen LogP contribution in [0.1, 0.15) is 50.5 Å². The maximum Gasteiger partial charge on any atom is 0.177 e. The first kappa shape index (κ1) is 18.3. The van der Waals surface area contributed by atoms with Crippen LogP contribution < -0.4 is 4.74 Å². The van der Waals surface area contributed by atoms with Crippen LogP contribution in [0.15, 0.2) is 18.5 Å². The minimum absolute atomic E-state index is 0.272. The van der Waals surface area contributed by atoms with Crippen molar-refractivity contribution in [3.63, 3.8) is 0 Å². The van der Waals surface area contributed by atoms with Gasteiger partial charge in [0.2, 0.25) is 0 Å². The van der Waals surface area contributed by atoms with E-state index < -0.39 is 0 Å². The van der Waals surface area contributed by atoms with E-state index in [0.717, 1.165) is 37.4 Å². The van der Waals surface area contributed by atoms with Crippen LogP contribution >= 0.6 is 0 Å². The third-order valence-electron chi connectivity index (χ3n) is 6.42. The highest BCUT2D eigenvalue weighted by atomic mass is 16.7. The van der Waals surface area contributed by atoms with Gasteiger partial charge in [0.15, 0.2) is 6.29 Å². The maximum atomic E-state index is 6.13. The van der Waals surface area contributed by atoms with Crippen LogP contribution in [0.3, 0.4) is 0 Å². The highest BCUT2D eigenvalue weighted by Gasteiger charge is 2.47. The molecule has 0 unspecified atom stereocenters. The Labute approximate surface area is 176 Å². The highest BCUT2D eigenvalue weighted by Crippen LogP contribution is 2.48. The molecule has 3 aliphatic carbocycles. The molecule has 4 fully saturated rings. The molecule has 1 saturated heterocycles. The molecule has 0 N–H and O–H groups in total. The Morgan fingerprint density at radius 3 is 2.70 bits per heavy atom. The van der Waals surface area contributed by atoms with E-state index in [0.29, 0.717) is 29.3 Å². The smallest absolute Gasteiger partial charge is 0.177 e. The second kappa shape index (κ2) is 7.36. The third-order valence-corrected chi connectivity index (χ3v) is 6.42. The van der Waals surface area contributed by atoms with E-state index in [2.05, 4.69) is 27.1 Å². The predicted octanol–water partition coefficient (Wildman–Crippen LogP) is 3.19. The molecule has 3 heterocycles. The van der Waals surface area contributed by atoms with Crippen LogP contribution in [0.5, 0.6) is 5.75 Å². The fourth-order valence-corrected chi connectivity index (χ4v) is 3.75. The highest BCUT2D eigenvalue weighted by molar-refractivity contribution is 5.63. The monoisotopic (exact) mass is 406 g/mol. The van der Waals surface area contributed by atoms with Crippen LogP contribution in [-0.4, -0.2) is 45.6 Å². The van der Waals surface area contributed by atoms with Gasteiger partial charge in [-0.25, -0.2) is 9.67 Å². The first-order valence-corrected chi connectivity index (χ1v) is 11.1. The Balaban J connectivity index is 1.18. The van der Waals surface area contributed by atoms with Gasteiger partial charge < -0.3 is 14.2 Å². The molecule has 0 atom stereocenters. The van der Waals surface area contributed by atoms with Gasteiger partial charge in [0.25, 0.3) is 0 Å². The van der Waals surface area contributed by atoms with Gasteiger partial charge >= 0.3 is 0 Å². The topological polar surface area (TPSA) is 71.3 Å². The summed E-state index contributed by atoms with van der Waals surface area (Å²) in [5.41, 5.74) is 2.60. The largest absolute Gasteiger partial charge is 0.488 e. The normalized spacial score (nSPS) is 22.9. The van der Waals surface area contributed by atoms with E-state index in [9.17, 15) is 0 Å². The van der Waals surface area contributed by atoms with Gasteiger partial charge in [0.1, 0.15) is 17.1 Å². The van der Waals surface area contributed by atoms with Crippen LogP contribution in [0.2, 0.25) is 0 Å². The van der Waals surface area contributed by atoms with Crippen molar-refractivity contribution in [3.8, 4) is 29.0 Å². The zero-order valence-corrected chi connectivity index (χ0v) is 17.0. The van der Waals surface area contributed by atoms with E-state index in [1.165, 1.54) is 32.1 Å². The van der Waals surface area contributed by atoms with Crippen molar-refractivity contribution in [1.82, 2.24) is 20.0 Å². The van der Waals surface area contributed by atoms with Crippen molar-refractivity contribution < 1.29 is 14.2 Å². The Bertz CT molecular complexity index is 985. The molecule has 0 radical (unpaired) electrons. The minimum atomic E-state index is -0.273. The zero-order valence-electron chi connectivity index (χ0n) is 17.0. The van der Waals surface area contributed by atoms with Gasteiger partial charge in [0, 0.05) is 23.1 Å². The van der Waals surface area contributed by atoms with Gasteiger partial charge in [-0.3, -0.25) is 0 Å². The number of ether oxygens (including phenoxy) is 3. The van der Waals surface area contributed by atoms with Crippen molar-refractivity contribution in [3.05, 3.63) is 24.0 Å². The van der Waals surface area contributed by atoms with E-state index in [4.69, 9.17) is 14.2 Å². The van der Waals surface area contributed by atoms with E-state index in [1.807, 2.05) is 18.5 Å². The third kappa shape index (κ3) is 3.94. The van der Waals surface area contributed by atoms with Crippen molar-refractivity contribution >= 4 is 0 Å². The van der Waals surface area contributed by atoms with Gasteiger partial charge in [0.05, 0.1) is 32.1 Å². The first-order valence-electron chi connectivity index (χ1n) is 11.1. The molecule has 0 amide bonds. The lowest BCUT2D eigenvalue weighted by atomic mass is 9.86. The molecule has 156 valence electrons. The van der Waals surface area contributed by atoms with Crippen molar-refractivity contribution in [2.24, 2.45) is 11.3 Å². The van der Waals surface area contributed by atoms with Crippen molar-refractivity contribution in [1.29, 1.82) is 0 Å². The molecular formula is C23H26N4O3. The Kier molecular flexibility index (Phi) is 4.50. The van der Waals surface area contributed by atoms with Gasteiger partial charge in [-0.2, -0.15) is 0 Å². The molecule has 4 aliphatic rings. The summed E-state index contributed by atoms with van der Waals surface area (Å²) < 4.78 is 19.6. The van der Waals surface area contributed by atoms with Crippen molar-refractivity contribution in [2.45, 2.75) is 63.9 Å². The molecule has 7 nitrogen and oxygen atoms in total. The summed E-state index contributed by atoms with van der Waals surface area (Å²) in [6.07, 6.45) is 12.0. The van der Waals surface area contributed by atoms with Gasteiger partial charge in [-0.15, -0.1) is 5.10 Å². The first-order chi connectivity index (χ1) is 14.7. The zero-order chi connectivity index (χ0) is 20.0. The van der Waals surface area contributed by atoms with Gasteiger partial charge in [-0.05, 0) is 44.6 Å². The molecule has 0 aromatic carbocycles. The number of rotatable bonds is 5. The molecule has 7 heteroatoms. The van der Waals surface area contributed by atoms with Crippen LogP contribution in [0.4, 0.5) is 0 Å². The molecular weight excluding hydrogens is 380 g/mol. The number of aromatic nitrogens is 4. The molecule has 3 saturated carbocycles. The molecule has 30 heavy (non-hydrogen) atoms. The number of pyridine rings is 1. The minimum Gasteiger partial charge on any atom is -0.488 e. The van der Waals surface area contributed by atoms with Crippen LogP contribution in [-0.2, 0) is 16.0 Å². The standard InChI is InChI=1S/C23H26N4O3/c1-2-16(3-1)4-5-17-10-20(30-18-6-7-18)22(24-11-17)19-12-27(26-25-19)13-21-28-14-23(8-9-23)15-29-21/h10-12,16,18,21H,1-3,6-9,13-15H2. The van der Waals surface area contributed by atoms with Crippen molar-refractivity contribution in [2.75, 3.05) is 13.2 Å². The van der Waals surface area contributed by atoms with Crippen LogP contribution in [0.25, 0.3) is 11.4 Å². The summed E-state index contributed by atoms with van der Waals surface area (Å²) in [5.74, 6) is 7.89. The second-order valence-corrected chi connectivity index (χ2v) is 9.16. The second-order valence-electron chi connectivity index (χ2n) is 9.16. The summed E-state index contributed by atoms with van der Waals surface area (Å²) in [5, 5.41) is 8.59. The van der Waals surface area contributed by atoms with E-state index in [1.54, 1.807) is 4.68 Å². The summed E-state index contributed by atoms with van der Waals surface area (Å²) in [4.78, 5) is 4.63. The lowest BCUT2D eigenvalue weighted by Crippen LogP contribution is -2.36. The lowest BCUT2D eigenvalue weighted by molar-refractivity contribution is -0.213. The Morgan fingerprint density at radius 1 is 1.17 bits per heavy atom. The van der Waals surface area contributed by atoms with Crippen LogP contribution in [0, 0.1) is 23.2 Å². The van der Waals surface area contributed by atoms with Gasteiger partial charge in [-0.1, -0.05) is 23.5 Å². The SMILES string of the molecule is C(#CC1CCC1)c1cnc(-c2cn(CC3OCC4(CC4)CO3)nn2)c(OC2CC2)c1. The molecule has 6 rings (SSSR count). The average Bonchev–Trinajstić information content (AvgIpc) is 3.64. The fraction of sp³-hybridized carbons (Fsp3) is 0.609. The fourth-order valence-electron chi connectivity index (χ4n) is 3.75. The Morgan fingerprint density at radius 2 is 2.00 bits per heavy atom. The summed E-state index contributed by atoms with van der Waals surface area (Å²) >= 11 is 0. The Hall–Kier alpha value is -2.43. The molecule has 1 spiro atoms. The molecule has 1 aliphatic heterocycles. The molecule has 2 aromatic rings.